The molecule has 0 bridgehead atoms. The van der Waals surface area contributed by atoms with Gasteiger partial charge in [0.05, 0.1) is 6.61 Å². The molecule has 0 aromatic rings. The minimum atomic E-state index is -0.447. The van der Waals surface area contributed by atoms with E-state index in [-0.39, 0.29) is 5.57 Å². The van der Waals surface area contributed by atoms with Crippen molar-refractivity contribution in [2.24, 2.45) is 5.92 Å². The number of rotatable bonds is 4. The molecule has 17 heavy (non-hydrogen) atoms. The standard InChI is InChI=1S/C14H21NO2/c1-3-12(11-8-6-5-7-9-11)13(10-15)14(16)17-4-2/h11H,3-9H2,1-2H3/b13-12+. The van der Waals surface area contributed by atoms with Crippen LogP contribution in [0.1, 0.15) is 52.4 Å². The summed E-state index contributed by atoms with van der Waals surface area (Å²) in [5, 5.41) is 9.15. The molecule has 0 aliphatic heterocycles. The summed E-state index contributed by atoms with van der Waals surface area (Å²) in [4.78, 5) is 11.7. The molecule has 0 aromatic carbocycles. The Morgan fingerprint density at radius 2 is 1.94 bits per heavy atom. The van der Waals surface area contributed by atoms with E-state index in [2.05, 4.69) is 0 Å². The van der Waals surface area contributed by atoms with Crippen LogP contribution in [0, 0.1) is 17.2 Å². The van der Waals surface area contributed by atoms with Crippen molar-refractivity contribution in [1.82, 2.24) is 0 Å². The van der Waals surface area contributed by atoms with E-state index in [0.29, 0.717) is 12.5 Å². The minimum Gasteiger partial charge on any atom is -0.462 e. The molecule has 0 saturated heterocycles. The molecule has 1 aliphatic rings. The van der Waals surface area contributed by atoms with E-state index >= 15 is 0 Å². The first-order valence-corrected chi connectivity index (χ1v) is 6.54. The molecule has 0 amide bonds. The van der Waals surface area contributed by atoms with E-state index in [1.807, 2.05) is 13.0 Å². The molecule has 0 aromatic heterocycles. The molecule has 3 nitrogen and oxygen atoms in total. The van der Waals surface area contributed by atoms with Crippen molar-refractivity contribution in [2.75, 3.05) is 6.61 Å². The van der Waals surface area contributed by atoms with Gasteiger partial charge in [-0.3, -0.25) is 0 Å². The van der Waals surface area contributed by atoms with Crippen molar-refractivity contribution in [1.29, 1.82) is 5.26 Å². The van der Waals surface area contributed by atoms with Crippen LogP contribution < -0.4 is 0 Å². The molecule has 0 spiro atoms. The van der Waals surface area contributed by atoms with Crippen molar-refractivity contribution in [3.05, 3.63) is 11.1 Å². The highest BCUT2D eigenvalue weighted by Crippen LogP contribution is 2.33. The molecular formula is C14H21NO2. The van der Waals surface area contributed by atoms with Gasteiger partial charge in [-0.15, -0.1) is 0 Å². The zero-order valence-electron chi connectivity index (χ0n) is 10.8. The fraction of sp³-hybridized carbons (Fsp3) is 0.714. The summed E-state index contributed by atoms with van der Waals surface area (Å²) in [5.41, 5.74) is 1.26. The summed E-state index contributed by atoms with van der Waals surface area (Å²) in [7, 11) is 0. The molecule has 1 aliphatic carbocycles. The predicted molar refractivity (Wildman–Crippen MR) is 66.1 cm³/mol. The van der Waals surface area contributed by atoms with Crippen LogP contribution in [0.3, 0.4) is 0 Å². The van der Waals surface area contributed by atoms with E-state index in [9.17, 15) is 4.79 Å². The summed E-state index contributed by atoms with van der Waals surface area (Å²) < 4.78 is 4.95. The Labute approximate surface area is 103 Å². The zero-order chi connectivity index (χ0) is 12.7. The quantitative estimate of drug-likeness (QED) is 0.426. The van der Waals surface area contributed by atoms with Crippen molar-refractivity contribution < 1.29 is 9.53 Å². The minimum absolute atomic E-state index is 0.251. The SMILES string of the molecule is CCOC(=O)/C(C#N)=C(\CC)C1CCCCC1. The summed E-state index contributed by atoms with van der Waals surface area (Å²) in [6, 6.07) is 2.04. The molecular weight excluding hydrogens is 214 g/mol. The van der Waals surface area contributed by atoms with E-state index in [4.69, 9.17) is 10.00 Å². The molecule has 1 saturated carbocycles. The maximum atomic E-state index is 11.7. The Morgan fingerprint density at radius 3 is 2.41 bits per heavy atom. The Bertz CT molecular complexity index is 333. The van der Waals surface area contributed by atoms with Gasteiger partial charge in [-0.05, 0) is 37.7 Å². The van der Waals surface area contributed by atoms with Crippen LogP contribution in [0.5, 0.6) is 0 Å². The van der Waals surface area contributed by atoms with Crippen molar-refractivity contribution in [3.63, 3.8) is 0 Å². The van der Waals surface area contributed by atoms with Gasteiger partial charge in [-0.1, -0.05) is 26.2 Å². The number of ether oxygens (including phenoxy) is 1. The maximum absolute atomic E-state index is 11.7. The van der Waals surface area contributed by atoms with Crippen LogP contribution in [-0.2, 0) is 9.53 Å². The third kappa shape index (κ3) is 3.59. The maximum Gasteiger partial charge on any atom is 0.348 e. The Kier molecular flexibility index (Phi) is 5.76. The fourth-order valence-electron chi connectivity index (χ4n) is 2.57. The predicted octanol–water partition coefficient (Wildman–Crippen LogP) is 3.36. The molecule has 1 fully saturated rings. The number of hydrogen-bond donors (Lipinski definition) is 0. The average molecular weight is 235 g/mol. The monoisotopic (exact) mass is 235 g/mol. The van der Waals surface area contributed by atoms with E-state index in [1.54, 1.807) is 6.92 Å². The topological polar surface area (TPSA) is 50.1 Å². The lowest BCUT2D eigenvalue weighted by atomic mass is 9.81. The molecule has 0 radical (unpaired) electrons. The number of allylic oxidation sites excluding steroid dienone is 1. The smallest absolute Gasteiger partial charge is 0.348 e. The van der Waals surface area contributed by atoms with Crippen molar-refractivity contribution in [2.45, 2.75) is 52.4 Å². The number of hydrogen-bond acceptors (Lipinski definition) is 3. The molecule has 0 atom stereocenters. The highest BCUT2D eigenvalue weighted by Gasteiger charge is 2.23. The summed E-state index contributed by atoms with van der Waals surface area (Å²) in [6.45, 7) is 4.10. The Morgan fingerprint density at radius 1 is 1.29 bits per heavy atom. The first-order valence-electron chi connectivity index (χ1n) is 6.54. The lowest BCUT2D eigenvalue weighted by Gasteiger charge is -2.24. The van der Waals surface area contributed by atoms with Gasteiger partial charge in [0.1, 0.15) is 11.6 Å². The van der Waals surface area contributed by atoms with Gasteiger partial charge in [0.15, 0.2) is 0 Å². The number of esters is 1. The van der Waals surface area contributed by atoms with E-state index < -0.39 is 5.97 Å². The second kappa shape index (κ2) is 7.11. The average Bonchev–Trinajstić information content (AvgIpc) is 2.37. The van der Waals surface area contributed by atoms with Gasteiger partial charge < -0.3 is 4.74 Å². The van der Waals surface area contributed by atoms with Gasteiger partial charge in [0, 0.05) is 0 Å². The van der Waals surface area contributed by atoms with Gasteiger partial charge in [-0.25, -0.2) is 4.79 Å². The molecule has 0 N–H and O–H groups in total. The van der Waals surface area contributed by atoms with Crippen LogP contribution in [0.15, 0.2) is 11.1 Å². The third-order valence-corrected chi connectivity index (χ3v) is 3.39. The highest BCUT2D eigenvalue weighted by atomic mass is 16.5. The number of nitrogens with zero attached hydrogens (tertiary/aromatic N) is 1. The van der Waals surface area contributed by atoms with Gasteiger partial charge >= 0.3 is 5.97 Å². The van der Waals surface area contributed by atoms with Crippen LogP contribution in [0.25, 0.3) is 0 Å². The van der Waals surface area contributed by atoms with Crippen molar-refractivity contribution in [3.8, 4) is 6.07 Å². The van der Waals surface area contributed by atoms with Crippen LogP contribution in [0.2, 0.25) is 0 Å². The second-order valence-electron chi connectivity index (χ2n) is 4.42. The Hall–Kier alpha value is -1.30. The lowest BCUT2D eigenvalue weighted by molar-refractivity contribution is -0.138. The van der Waals surface area contributed by atoms with Gasteiger partial charge in [-0.2, -0.15) is 5.26 Å². The van der Waals surface area contributed by atoms with E-state index in [0.717, 1.165) is 24.8 Å². The number of nitriles is 1. The Balaban J connectivity index is 2.92. The largest absolute Gasteiger partial charge is 0.462 e. The molecule has 94 valence electrons. The van der Waals surface area contributed by atoms with Crippen LogP contribution in [-0.4, -0.2) is 12.6 Å². The second-order valence-corrected chi connectivity index (χ2v) is 4.42. The normalized spacial score (nSPS) is 18.2. The van der Waals surface area contributed by atoms with Crippen LogP contribution in [0.4, 0.5) is 0 Å². The van der Waals surface area contributed by atoms with E-state index in [1.165, 1.54) is 19.3 Å². The van der Waals surface area contributed by atoms with Crippen molar-refractivity contribution >= 4 is 5.97 Å². The zero-order valence-corrected chi connectivity index (χ0v) is 10.8. The first-order chi connectivity index (χ1) is 8.24. The lowest BCUT2D eigenvalue weighted by Crippen LogP contribution is -2.16. The molecule has 3 heteroatoms. The summed E-state index contributed by atoms with van der Waals surface area (Å²) in [5.74, 6) is -0.0368. The highest BCUT2D eigenvalue weighted by molar-refractivity contribution is 5.93. The van der Waals surface area contributed by atoms with Gasteiger partial charge in [0.25, 0.3) is 0 Å². The molecule has 0 heterocycles. The fourth-order valence-corrected chi connectivity index (χ4v) is 2.57. The summed E-state index contributed by atoms with van der Waals surface area (Å²) in [6.07, 6.45) is 6.66. The number of carbonyl (C=O) groups excluding carboxylic acids is 1. The number of carbonyl (C=O) groups is 1. The molecule has 1 rings (SSSR count). The molecule has 0 unspecified atom stereocenters. The third-order valence-electron chi connectivity index (χ3n) is 3.39. The van der Waals surface area contributed by atoms with Crippen LogP contribution >= 0.6 is 0 Å². The van der Waals surface area contributed by atoms with Gasteiger partial charge in [0.2, 0.25) is 0 Å². The summed E-state index contributed by atoms with van der Waals surface area (Å²) >= 11 is 0. The first kappa shape index (κ1) is 13.8.